The number of aromatic nitrogens is 2. The Hall–Kier alpha value is -1.44. The van der Waals surface area contributed by atoms with E-state index in [1.165, 1.54) is 0 Å². The molecule has 0 radical (unpaired) electrons. The van der Waals surface area contributed by atoms with E-state index >= 15 is 0 Å². The average Bonchev–Trinajstić information content (AvgIpc) is 2.81. The van der Waals surface area contributed by atoms with Crippen molar-refractivity contribution in [3.05, 3.63) is 5.89 Å². The lowest BCUT2D eigenvalue weighted by molar-refractivity contribution is -0.120. The van der Waals surface area contributed by atoms with Gasteiger partial charge in [-0.05, 0) is 12.8 Å². The van der Waals surface area contributed by atoms with Gasteiger partial charge in [0.2, 0.25) is 21.6 Å². The van der Waals surface area contributed by atoms with Crippen molar-refractivity contribution in [2.75, 3.05) is 12.8 Å². The Morgan fingerprint density at radius 2 is 2.00 bits per heavy atom. The van der Waals surface area contributed by atoms with Crippen LogP contribution in [-0.2, 0) is 21.1 Å². The standard InChI is InChI=1S/C11H19N3O4S/c1-3-9(15)12-8-6-4-5-7-10-13-14-11(18-10)19(2,16)17/h3-8H2,1-2H3,(H,12,15). The SMILES string of the molecule is CCC(=O)NCCCCCc1nnc(S(C)(=O)=O)o1. The highest BCUT2D eigenvalue weighted by molar-refractivity contribution is 7.90. The number of hydrogen-bond acceptors (Lipinski definition) is 6. The summed E-state index contributed by atoms with van der Waals surface area (Å²) in [6, 6.07) is 0. The molecule has 0 unspecified atom stereocenters. The highest BCUT2D eigenvalue weighted by atomic mass is 32.2. The van der Waals surface area contributed by atoms with E-state index in [0.29, 0.717) is 25.3 Å². The van der Waals surface area contributed by atoms with Crippen molar-refractivity contribution >= 4 is 15.7 Å². The van der Waals surface area contributed by atoms with E-state index < -0.39 is 9.84 Å². The molecule has 1 rings (SSSR count). The summed E-state index contributed by atoms with van der Waals surface area (Å²) in [6.07, 6.45) is 4.66. The van der Waals surface area contributed by atoms with Crippen LogP contribution in [0.1, 0.15) is 38.5 Å². The first-order valence-corrected chi connectivity index (χ1v) is 8.11. The molecule has 0 aromatic carbocycles. The zero-order valence-corrected chi connectivity index (χ0v) is 12.0. The molecule has 0 saturated heterocycles. The normalized spacial score (nSPS) is 11.5. The maximum absolute atomic E-state index is 11.1. The monoisotopic (exact) mass is 289 g/mol. The van der Waals surface area contributed by atoms with Gasteiger partial charge in [0.1, 0.15) is 0 Å². The molecular weight excluding hydrogens is 270 g/mol. The summed E-state index contributed by atoms with van der Waals surface area (Å²) in [6.45, 7) is 2.47. The highest BCUT2D eigenvalue weighted by Crippen LogP contribution is 2.09. The predicted octanol–water partition coefficient (Wildman–Crippen LogP) is 0.712. The number of amides is 1. The van der Waals surface area contributed by atoms with E-state index in [-0.39, 0.29) is 11.1 Å². The molecule has 0 atom stereocenters. The fourth-order valence-corrected chi connectivity index (χ4v) is 1.86. The molecule has 1 amide bonds. The van der Waals surface area contributed by atoms with Crippen LogP contribution >= 0.6 is 0 Å². The summed E-state index contributed by atoms with van der Waals surface area (Å²) in [4.78, 5) is 11.0. The van der Waals surface area contributed by atoms with Crippen molar-refractivity contribution in [2.45, 2.75) is 44.3 Å². The van der Waals surface area contributed by atoms with Gasteiger partial charge in [0, 0.05) is 25.6 Å². The molecule has 1 aromatic heterocycles. The highest BCUT2D eigenvalue weighted by Gasteiger charge is 2.15. The first-order valence-electron chi connectivity index (χ1n) is 6.22. The Morgan fingerprint density at radius 1 is 1.26 bits per heavy atom. The van der Waals surface area contributed by atoms with Gasteiger partial charge < -0.3 is 9.73 Å². The van der Waals surface area contributed by atoms with Gasteiger partial charge >= 0.3 is 5.22 Å². The second-order valence-electron chi connectivity index (χ2n) is 4.25. The van der Waals surface area contributed by atoms with Crippen molar-refractivity contribution in [3.8, 4) is 0 Å². The zero-order valence-electron chi connectivity index (χ0n) is 11.2. The number of rotatable bonds is 8. The van der Waals surface area contributed by atoms with Crippen molar-refractivity contribution in [2.24, 2.45) is 0 Å². The van der Waals surface area contributed by atoms with Crippen molar-refractivity contribution in [1.82, 2.24) is 15.5 Å². The molecule has 0 aliphatic carbocycles. The molecule has 0 saturated carbocycles. The Balaban J connectivity index is 2.20. The molecule has 0 spiro atoms. The first kappa shape index (κ1) is 15.6. The lowest BCUT2D eigenvalue weighted by atomic mass is 10.2. The molecule has 0 aliphatic rings. The molecule has 0 fully saturated rings. The van der Waals surface area contributed by atoms with E-state index in [2.05, 4.69) is 15.5 Å². The minimum atomic E-state index is -3.42. The van der Waals surface area contributed by atoms with Crippen LogP contribution in [0.3, 0.4) is 0 Å². The summed E-state index contributed by atoms with van der Waals surface area (Å²) in [5.41, 5.74) is 0. The molecule has 1 aromatic rings. The van der Waals surface area contributed by atoms with Crippen molar-refractivity contribution in [3.63, 3.8) is 0 Å². The quantitative estimate of drug-likeness (QED) is 0.707. The van der Waals surface area contributed by atoms with Gasteiger partial charge in [-0.15, -0.1) is 5.10 Å². The maximum atomic E-state index is 11.1. The van der Waals surface area contributed by atoms with Crippen molar-refractivity contribution < 1.29 is 17.6 Å². The van der Waals surface area contributed by atoms with Gasteiger partial charge in [0.25, 0.3) is 0 Å². The second-order valence-corrected chi connectivity index (χ2v) is 6.14. The molecule has 7 nitrogen and oxygen atoms in total. The van der Waals surface area contributed by atoms with Crippen LogP contribution in [0.2, 0.25) is 0 Å². The molecular formula is C11H19N3O4S. The predicted molar refractivity (Wildman–Crippen MR) is 68.3 cm³/mol. The molecule has 0 bridgehead atoms. The lowest BCUT2D eigenvalue weighted by Gasteiger charge is -2.02. The number of sulfone groups is 1. The van der Waals surface area contributed by atoms with E-state index in [1.54, 1.807) is 0 Å². The Labute approximate surface area is 112 Å². The lowest BCUT2D eigenvalue weighted by Crippen LogP contribution is -2.23. The minimum Gasteiger partial charge on any atom is -0.413 e. The van der Waals surface area contributed by atoms with Crippen LogP contribution < -0.4 is 5.32 Å². The van der Waals surface area contributed by atoms with E-state index in [4.69, 9.17) is 4.42 Å². The average molecular weight is 289 g/mol. The van der Waals surface area contributed by atoms with Gasteiger partial charge in [-0.2, -0.15) is 0 Å². The first-order chi connectivity index (χ1) is 8.93. The van der Waals surface area contributed by atoms with E-state index in [0.717, 1.165) is 25.5 Å². The fourth-order valence-electron chi connectivity index (χ4n) is 1.42. The number of unbranched alkanes of at least 4 members (excludes halogenated alkanes) is 2. The van der Waals surface area contributed by atoms with Crippen molar-refractivity contribution in [1.29, 1.82) is 0 Å². The van der Waals surface area contributed by atoms with Gasteiger partial charge in [0.15, 0.2) is 0 Å². The summed E-state index contributed by atoms with van der Waals surface area (Å²) in [7, 11) is -3.42. The third kappa shape index (κ3) is 5.82. The summed E-state index contributed by atoms with van der Waals surface area (Å²) in [5.74, 6) is 0.382. The van der Waals surface area contributed by atoms with E-state index in [1.807, 2.05) is 6.92 Å². The molecule has 19 heavy (non-hydrogen) atoms. The van der Waals surface area contributed by atoms with Gasteiger partial charge in [0.05, 0.1) is 0 Å². The van der Waals surface area contributed by atoms with Crippen LogP contribution in [0, 0.1) is 0 Å². The summed E-state index contributed by atoms with van der Waals surface area (Å²) < 4.78 is 27.3. The van der Waals surface area contributed by atoms with Crippen LogP contribution in [0.5, 0.6) is 0 Å². The Bertz CT molecular complexity index is 510. The van der Waals surface area contributed by atoms with E-state index in [9.17, 15) is 13.2 Å². The van der Waals surface area contributed by atoms with Gasteiger partial charge in [-0.25, -0.2) is 8.42 Å². The third-order valence-corrected chi connectivity index (χ3v) is 3.28. The Kier molecular flexibility index (Phi) is 5.94. The number of nitrogens with zero attached hydrogens (tertiary/aromatic N) is 2. The van der Waals surface area contributed by atoms with Crippen LogP contribution in [-0.4, -0.2) is 37.3 Å². The topological polar surface area (TPSA) is 102 Å². The maximum Gasteiger partial charge on any atom is 0.335 e. The number of hydrogen-bond donors (Lipinski definition) is 1. The van der Waals surface area contributed by atoms with Gasteiger partial charge in [-0.3, -0.25) is 4.79 Å². The zero-order chi connectivity index (χ0) is 14.3. The van der Waals surface area contributed by atoms with Gasteiger partial charge in [-0.1, -0.05) is 18.4 Å². The van der Waals surface area contributed by atoms with Crippen LogP contribution in [0.4, 0.5) is 0 Å². The molecule has 0 aliphatic heterocycles. The summed E-state index contributed by atoms with van der Waals surface area (Å²) >= 11 is 0. The largest absolute Gasteiger partial charge is 0.413 e. The Morgan fingerprint density at radius 3 is 2.58 bits per heavy atom. The minimum absolute atomic E-state index is 0.0506. The molecule has 108 valence electrons. The third-order valence-electron chi connectivity index (χ3n) is 2.48. The summed E-state index contributed by atoms with van der Waals surface area (Å²) in [5, 5.41) is 9.60. The van der Waals surface area contributed by atoms with Crippen LogP contribution in [0.25, 0.3) is 0 Å². The smallest absolute Gasteiger partial charge is 0.335 e. The number of aryl methyl sites for hydroxylation is 1. The molecule has 8 heteroatoms. The number of carbonyl (C=O) groups excluding carboxylic acids is 1. The van der Waals surface area contributed by atoms with Crippen LogP contribution in [0.15, 0.2) is 9.64 Å². The second kappa shape index (κ2) is 7.22. The molecule has 1 heterocycles. The number of carbonyl (C=O) groups is 1. The number of nitrogens with one attached hydrogen (secondary N) is 1. The fraction of sp³-hybridized carbons (Fsp3) is 0.727. The molecule has 1 N–H and O–H groups in total.